The van der Waals surface area contributed by atoms with E-state index in [9.17, 15) is 9.18 Å². The van der Waals surface area contributed by atoms with Crippen LogP contribution in [0.1, 0.15) is 17.5 Å². The number of amides is 1. The first-order chi connectivity index (χ1) is 21.4. The molecule has 10 heteroatoms. The molecule has 0 radical (unpaired) electrons. The Labute approximate surface area is 268 Å². The number of carbonyl (C=O) groups is 1. The highest BCUT2D eigenvalue weighted by molar-refractivity contribution is 6.35. The summed E-state index contributed by atoms with van der Waals surface area (Å²) in [5.41, 5.74) is 5.46. The molecule has 2 aliphatic rings. The summed E-state index contributed by atoms with van der Waals surface area (Å²) in [5.74, 6) is -0.202. The monoisotopic (exact) mass is 636 g/mol. The van der Waals surface area contributed by atoms with Gasteiger partial charge in [-0.2, -0.15) is 0 Å². The molecule has 0 saturated carbocycles. The highest BCUT2D eigenvalue weighted by atomic mass is 35.5. The van der Waals surface area contributed by atoms with Crippen molar-refractivity contribution in [3.8, 4) is 11.1 Å². The number of carbonyl (C=O) groups excluding carboxylic acids is 1. The van der Waals surface area contributed by atoms with Gasteiger partial charge in [-0.3, -0.25) is 14.6 Å². The summed E-state index contributed by atoms with van der Waals surface area (Å²) in [5, 5.41) is 12.2. The Bertz CT molecular complexity index is 1560. The smallest absolute Gasteiger partial charge is 0.238 e. The lowest BCUT2D eigenvalue weighted by Crippen LogP contribution is -2.55. The lowest BCUT2D eigenvalue weighted by molar-refractivity contribution is -0.123. The van der Waals surface area contributed by atoms with Crippen LogP contribution in [0.5, 0.6) is 0 Å². The zero-order chi connectivity index (χ0) is 30.5. The quantitative estimate of drug-likeness (QED) is 0.211. The Hall–Kier alpha value is -2.98. The molecule has 1 aromatic heterocycles. The Balaban J connectivity index is 1.12. The molecule has 1 unspecified atom stereocenters. The van der Waals surface area contributed by atoms with Crippen molar-refractivity contribution in [1.29, 1.82) is 0 Å². The Morgan fingerprint density at radius 1 is 0.932 bits per heavy atom. The number of nitrogens with one attached hydrogen (secondary N) is 3. The van der Waals surface area contributed by atoms with Crippen LogP contribution in [0.3, 0.4) is 0 Å². The van der Waals surface area contributed by atoms with Crippen LogP contribution in [0.15, 0.2) is 66.9 Å². The van der Waals surface area contributed by atoms with Gasteiger partial charge < -0.3 is 20.5 Å². The van der Waals surface area contributed by atoms with Gasteiger partial charge >= 0.3 is 0 Å². The summed E-state index contributed by atoms with van der Waals surface area (Å²) < 4.78 is 16.0. The molecule has 6 rings (SSSR count). The van der Waals surface area contributed by atoms with Crippen molar-refractivity contribution in [3.05, 3.63) is 93.8 Å². The number of nitrogens with zero attached hydrogens (tertiary/aromatic N) is 3. The molecule has 7 nitrogen and oxygen atoms in total. The van der Waals surface area contributed by atoms with Gasteiger partial charge in [0.1, 0.15) is 5.82 Å². The average molecular weight is 638 g/mol. The normalized spacial score (nSPS) is 18.1. The van der Waals surface area contributed by atoms with Gasteiger partial charge in [-0.05, 0) is 53.9 Å². The summed E-state index contributed by atoms with van der Waals surface area (Å²) in [6.07, 6.45) is 2.97. The van der Waals surface area contributed by atoms with E-state index in [2.05, 4.69) is 54.7 Å². The fraction of sp³-hybridized carbons (Fsp3) is 0.382. The van der Waals surface area contributed by atoms with E-state index in [1.165, 1.54) is 17.7 Å². The standard InChI is InChI=1S/C34H39Cl2FN6O/c35-30-3-1-4-31(36)29(30)22-42-17-15-41(16-18-42)21-24-5-10-33-27(19-24)28(25-6-8-26(37)9-7-25)23-43(33)14-2-11-40-34(44)32-20-38-12-13-39-32/h1,3-10,19,23,32,38-39H,2,11-18,20-22H2,(H,40,44). The molecule has 0 aliphatic carbocycles. The van der Waals surface area contributed by atoms with Crippen LogP contribution in [-0.4, -0.2) is 78.7 Å². The van der Waals surface area contributed by atoms with Crippen LogP contribution in [0, 0.1) is 5.82 Å². The minimum Gasteiger partial charge on any atom is -0.355 e. The predicted molar refractivity (Wildman–Crippen MR) is 177 cm³/mol. The zero-order valence-corrected chi connectivity index (χ0v) is 26.3. The SMILES string of the molecule is O=C(NCCCn1cc(-c2ccc(F)cc2)c2cc(CN3CCN(Cc4c(Cl)cccc4Cl)CC3)ccc21)C1CNCCN1. The van der Waals surface area contributed by atoms with Crippen LogP contribution in [-0.2, 0) is 24.4 Å². The molecule has 44 heavy (non-hydrogen) atoms. The predicted octanol–water partition coefficient (Wildman–Crippen LogP) is 5.14. The van der Waals surface area contributed by atoms with Gasteiger partial charge in [-0.15, -0.1) is 0 Å². The average Bonchev–Trinajstić information content (AvgIpc) is 3.40. The van der Waals surface area contributed by atoms with Crippen LogP contribution in [0.2, 0.25) is 10.0 Å². The van der Waals surface area contributed by atoms with Crippen LogP contribution < -0.4 is 16.0 Å². The van der Waals surface area contributed by atoms with E-state index >= 15 is 0 Å². The number of aromatic nitrogens is 1. The molecule has 1 amide bonds. The van der Waals surface area contributed by atoms with Crippen molar-refractivity contribution < 1.29 is 9.18 Å². The van der Waals surface area contributed by atoms with E-state index in [0.29, 0.717) is 13.1 Å². The van der Waals surface area contributed by atoms with Crippen LogP contribution >= 0.6 is 23.2 Å². The molecule has 2 fully saturated rings. The van der Waals surface area contributed by atoms with Crippen molar-refractivity contribution in [2.75, 3.05) is 52.4 Å². The third-order valence-electron chi connectivity index (χ3n) is 8.65. The van der Waals surface area contributed by atoms with E-state index in [4.69, 9.17) is 23.2 Å². The fourth-order valence-electron chi connectivity index (χ4n) is 6.18. The third kappa shape index (κ3) is 7.45. The van der Waals surface area contributed by atoms with Gasteiger partial charge in [-0.1, -0.05) is 47.5 Å². The summed E-state index contributed by atoms with van der Waals surface area (Å²) in [4.78, 5) is 17.4. The topological polar surface area (TPSA) is 64.6 Å². The summed E-state index contributed by atoms with van der Waals surface area (Å²) in [6, 6.07) is 18.9. The maximum absolute atomic E-state index is 13.8. The lowest BCUT2D eigenvalue weighted by atomic mass is 10.0. The van der Waals surface area contributed by atoms with Crippen molar-refractivity contribution in [2.24, 2.45) is 0 Å². The molecule has 1 atom stereocenters. The largest absolute Gasteiger partial charge is 0.355 e. The Kier molecular flexibility index (Phi) is 10.2. The van der Waals surface area contributed by atoms with Crippen molar-refractivity contribution in [1.82, 2.24) is 30.3 Å². The van der Waals surface area contributed by atoms with Gasteiger partial charge in [0.25, 0.3) is 0 Å². The van der Waals surface area contributed by atoms with Crippen molar-refractivity contribution >= 4 is 40.0 Å². The molecule has 2 aliphatic heterocycles. The van der Waals surface area contributed by atoms with Crippen molar-refractivity contribution in [3.63, 3.8) is 0 Å². The first kappa shape index (κ1) is 31.0. The maximum Gasteiger partial charge on any atom is 0.238 e. The number of benzene rings is 3. The molecule has 3 aromatic carbocycles. The van der Waals surface area contributed by atoms with Gasteiger partial charge in [0.15, 0.2) is 0 Å². The number of fused-ring (bicyclic) bond motifs is 1. The highest BCUT2D eigenvalue weighted by Crippen LogP contribution is 2.32. The third-order valence-corrected chi connectivity index (χ3v) is 9.36. The second kappa shape index (κ2) is 14.4. The molecule has 4 aromatic rings. The Morgan fingerprint density at radius 2 is 1.66 bits per heavy atom. The molecule has 0 bridgehead atoms. The van der Waals surface area contributed by atoms with E-state index in [1.54, 1.807) is 0 Å². The molecule has 232 valence electrons. The number of halogens is 3. The molecule has 3 heterocycles. The first-order valence-electron chi connectivity index (χ1n) is 15.4. The van der Waals surface area contributed by atoms with E-state index in [1.807, 2.05) is 30.3 Å². The van der Waals surface area contributed by atoms with Crippen LogP contribution in [0.4, 0.5) is 4.39 Å². The molecule has 0 spiro atoms. The fourth-order valence-corrected chi connectivity index (χ4v) is 6.70. The summed E-state index contributed by atoms with van der Waals surface area (Å²) in [6.45, 7) is 9.16. The number of piperazine rings is 2. The number of hydrogen-bond acceptors (Lipinski definition) is 5. The highest BCUT2D eigenvalue weighted by Gasteiger charge is 2.21. The molecular formula is C34H39Cl2FN6O. The second-order valence-corrected chi connectivity index (χ2v) is 12.5. The van der Waals surface area contributed by atoms with E-state index in [0.717, 1.165) is 103 Å². The minimum absolute atomic E-state index is 0.0414. The van der Waals surface area contributed by atoms with Gasteiger partial charge in [0.05, 0.1) is 6.04 Å². The van der Waals surface area contributed by atoms with Crippen molar-refractivity contribution in [2.45, 2.75) is 32.1 Å². The van der Waals surface area contributed by atoms with E-state index in [-0.39, 0.29) is 17.8 Å². The van der Waals surface area contributed by atoms with Gasteiger partial charge in [0.2, 0.25) is 5.91 Å². The second-order valence-electron chi connectivity index (χ2n) is 11.7. The first-order valence-corrected chi connectivity index (χ1v) is 16.2. The molecule has 3 N–H and O–H groups in total. The van der Waals surface area contributed by atoms with Gasteiger partial charge in [-0.25, -0.2) is 4.39 Å². The lowest BCUT2D eigenvalue weighted by Gasteiger charge is -2.35. The van der Waals surface area contributed by atoms with Gasteiger partial charge in [0, 0.05) is 110 Å². The Morgan fingerprint density at radius 3 is 2.36 bits per heavy atom. The maximum atomic E-state index is 13.8. The minimum atomic E-state index is -0.243. The zero-order valence-electron chi connectivity index (χ0n) is 24.8. The number of rotatable bonds is 10. The number of aryl methyl sites for hydroxylation is 1. The number of hydrogen-bond donors (Lipinski definition) is 3. The summed E-state index contributed by atoms with van der Waals surface area (Å²) in [7, 11) is 0. The molecular weight excluding hydrogens is 598 g/mol. The van der Waals surface area contributed by atoms with E-state index < -0.39 is 0 Å². The molecule has 2 saturated heterocycles. The summed E-state index contributed by atoms with van der Waals surface area (Å²) >= 11 is 12.8. The van der Waals surface area contributed by atoms with Crippen LogP contribution in [0.25, 0.3) is 22.0 Å².